The number of hydrogen-bond acceptors (Lipinski definition) is 8. The van der Waals surface area contributed by atoms with Crippen molar-refractivity contribution >= 4 is 28.0 Å². The lowest BCUT2D eigenvalue weighted by atomic mass is 9.99. The highest BCUT2D eigenvalue weighted by Crippen LogP contribution is 2.37. The maximum absolute atomic E-state index is 14.3. The first-order valence-electron chi connectivity index (χ1n) is 10.1. The molecular formula is C23H19BrFN5O4. The number of aromatic nitrogens is 4. The number of aryl methyl sites for hydroxylation is 1. The first kappa shape index (κ1) is 23.3. The third-order valence-corrected chi connectivity index (χ3v) is 5.24. The van der Waals surface area contributed by atoms with Crippen LogP contribution in [0.5, 0.6) is 17.2 Å². The highest BCUT2D eigenvalue weighted by Gasteiger charge is 2.23. The van der Waals surface area contributed by atoms with Gasteiger partial charge in [0.05, 0.1) is 12.4 Å². The third kappa shape index (κ3) is 5.05. The van der Waals surface area contributed by atoms with Gasteiger partial charge >= 0.3 is 0 Å². The number of rotatable bonds is 9. The predicted molar refractivity (Wildman–Crippen MR) is 124 cm³/mol. The van der Waals surface area contributed by atoms with Crippen LogP contribution in [0.2, 0.25) is 0 Å². The number of nitrogens with zero attached hydrogens (tertiary/aromatic N) is 4. The first-order valence-corrected chi connectivity index (χ1v) is 10.9. The van der Waals surface area contributed by atoms with Crippen LogP contribution in [-0.2, 0) is 11.3 Å². The molecule has 11 heteroatoms. The number of anilines is 1. The lowest BCUT2D eigenvalue weighted by molar-refractivity contribution is -0.113. The van der Waals surface area contributed by atoms with Gasteiger partial charge in [0.25, 0.3) is 0 Å². The van der Waals surface area contributed by atoms with Crippen molar-refractivity contribution in [3.05, 3.63) is 77.0 Å². The zero-order valence-corrected chi connectivity index (χ0v) is 19.4. The Labute approximate surface area is 202 Å². The predicted octanol–water partition coefficient (Wildman–Crippen LogP) is 5.17. The van der Waals surface area contributed by atoms with E-state index in [2.05, 4.69) is 31.0 Å². The molecule has 0 aliphatic rings. The fourth-order valence-electron chi connectivity index (χ4n) is 3.25. The average molecular weight is 528 g/mol. The van der Waals surface area contributed by atoms with Gasteiger partial charge in [0.2, 0.25) is 0 Å². The molecule has 0 bridgehead atoms. The number of halogens is 2. The minimum Gasteiger partial charge on any atom is -0.474 e. The summed E-state index contributed by atoms with van der Waals surface area (Å²) in [4.78, 5) is 20.5. The molecule has 0 radical (unpaired) electrons. The van der Waals surface area contributed by atoms with Crippen molar-refractivity contribution < 1.29 is 23.9 Å². The molecule has 34 heavy (non-hydrogen) atoms. The monoisotopic (exact) mass is 527 g/mol. The molecule has 0 saturated heterocycles. The van der Waals surface area contributed by atoms with Crippen LogP contribution in [-0.4, -0.2) is 31.2 Å². The molecule has 4 aromatic rings. The van der Waals surface area contributed by atoms with Gasteiger partial charge in [-0.15, -0.1) is 0 Å². The Morgan fingerprint density at radius 2 is 2.09 bits per heavy atom. The van der Waals surface area contributed by atoms with Crippen LogP contribution in [0.1, 0.15) is 18.6 Å². The number of nitrogens with one attached hydrogen (secondary N) is 1. The number of pyridine rings is 2. The molecule has 0 saturated carbocycles. The van der Waals surface area contributed by atoms with Crippen LogP contribution >= 0.6 is 15.9 Å². The average Bonchev–Trinajstić information content (AvgIpc) is 3.31. The molecule has 0 unspecified atom stereocenters. The van der Waals surface area contributed by atoms with E-state index >= 15 is 0 Å². The van der Waals surface area contributed by atoms with Crippen molar-refractivity contribution in [3.8, 4) is 28.5 Å². The first-order chi connectivity index (χ1) is 16.5. The minimum atomic E-state index is -1.24. The van der Waals surface area contributed by atoms with E-state index in [4.69, 9.17) is 9.47 Å². The van der Waals surface area contributed by atoms with Crippen molar-refractivity contribution in [1.82, 2.24) is 19.7 Å². The van der Waals surface area contributed by atoms with Crippen LogP contribution in [0.25, 0.3) is 11.3 Å². The molecule has 0 aliphatic heterocycles. The van der Waals surface area contributed by atoms with E-state index in [0.717, 1.165) is 0 Å². The number of ether oxygens (including phenoxy) is 2. The quantitative estimate of drug-likeness (QED) is 0.226. The molecule has 0 fully saturated rings. The highest BCUT2D eigenvalue weighted by atomic mass is 79.9. The molecule has 0 spiro atoms. The molecule has 2 N–H and O–H groups in total. The fraction of sp³-hybridized carbons (Fsp3) is 0.130. The summed E-state index contributed by atoms with van der Waals surface area (Å²) in [7, 11) is 0. The second kappa shape index (κ2) is 10.4. The minimum absolute atomic E-state index is 0.0113. The molecule has 1 atom stereocenters. The molecule has 9 nitrogen and oxygen atoms in total. The Morgan fingerprint density at radius 3 is 2.82 bits per heavy atom. The van der Waals surface area contributed by atoms with Crippen LogP contribution in [0.15, 0.2) is 65.7 Å². The lowest BCUT2D eigenvalue weighted by Crippen LogP contribution is -2.13. The smallest absolute Gasteiger partial charge is 0.192 e. The zero-order chi connectivity index (χ0) is 24.1. The summed E-state index contributed by atoms with van der Waals surface area (Å²) in [6.45, 7) is 2.63. The molecule has 3 aromatic heterocycles. The van der Waals surface area contributed by atoms with Crippen LogP contribution < -0.4 is 15.0 Å². The highest BCUT2D eigenvalue weighted by molar-refractivity contribution is 9.10. The molecular weight excluding hydrogens is 509 g/mol. The van der Waals surface area contributed by atoms with E-state index in [9.17, 15) is 14.4 Å². The van der Waals surface area contributed by atoms with E-state index in [-0.39, 0.29) is 17.1 Å². The number of carbonyl (C=O) groups is 1. The van der Waals surface area contributed by atoms with Crippen molar-refractivity contribution in [2.75, 3.05) is 5.48 Å². The fourth-order valence-corrected chi connectivity index (χ4v) is 3.56. The standard InChI is InChI=1S/C23H19BrFN5O4/c1-2-30-12-16(11-28-30)33-19-4-3-7-26-22(19)17-6-5-15(25)9-18(17)21(13-31)34-20-8-14(24)10-27-23(20)29-32/h3-13,21,32H,2H2,1H3,(H,27,29)/t21-/m1/s1. The van der Waals surface area contributed by atoms with Gasteiger partial charge in [0.1, 0.15) is 11.5 Å². The number of benzene rings is 1. The number of aldehydes is 1. The Balaban J connectivity index is 1.76. The molecule has 0 amide bonds. The van der Waals surface area contributed by atoms with E-state index in [1.54, 1.807) is 35.4 Å². The van der Waals surface area contributed by atoms with E-state index in [1.807, 2.05) is 12.4 Å². The summed E-state index contributed by atoms with van der Waals surface area (Å²) in [5.41, 5.74) is 2.94. The molecule has 3 heterocycles. The summed E-state index contributed by atoms with van der Waals surface area (Å²) in [6.07, 6.45) is 5.60. The van der Waals surface area contributed by atoms with Gasteiger partial charge in [-0.1, -0.05) is 0 Å². The topological polar surface area (TPSA) is 111 Å². The molecule has 4 rings (SSSR count). The van der Waals surface area contributed by atoms with Gasteiger partial charge in [-0.05, 0) is 59.3 Å². The van der Waals surface area contributed by atoms with E-state index in [0.29, 0.717) is 40.1 Å². The van der Waals surface area contributed by atoms with Crippen LogP contribution in [0, 0.1) is 5.82 Å². The van der Waals surface area contributed by atoms with Gasteiger partial charge in [-0.25, -0.2) is 14.9 Å². The Morgan fingerprint density at radius 1 is 1.24 bits per heavy atom. The van der Waals surface area contributed by atoms with Gasteiger partial charge in [0, 0.05) is 34.5 Å². The van der Waals surface area contributed by atoms with Gasteiger partial charge in [0.15, 0.2) is 35.5 Å². The second-order valence-electron chi connectivity index (χ2n) is 7.00. The lowest BCUT2D eigenvalue weighted by Gasteiger charge is -2.19. The molecule has 0 aliphatic carbocycles. The van der Waals surface area contributed by atoms with Gasteiger partial charge < -0.3 is 9.47 Å². The zero-order valence-electron chi connectivity index (χ0n) is 17.9. The van der Waals surface area contributed by atoms with Crippen molar-refractivity contribution in [1.29, 1.82) is 0 Å². The number of carbonyl (C=O) groups excluding carboxylic acids is 1. The largest absolute Gasteiger partial charge is 0.474 e. The summed E-state index contributed by atoms with van der Waals surface area (Å²) in [5, 5.41) is 13.5. The molecule has 174 valence electrons. The van der Waals surface area contributed by atoms with Crippen molar-refractivity contribution in [2.24, 2.45) is 0 Å². The van der Waals surface area contributed by atoms with E-state index in [1.165, 1.54) is 30.5 Å². The summed E-state index contributed by atoms with van der Waals surface area (Å²) in [6, 6.07) is 8.88. The summed E-state index contributed by atoms with van der Waals surface area (Å²) in [5.74, 6) is 0.389. The summed E-state index contributed by atoms with van der Waals surface area (Å²) < 4.78 is 28.4. The van der Waals surface area contributed by atoms with Crippen molar-refractivity contribution in [3.63, 3.8) is 0 Å². The summed E-state index contributed by atoms with van der Waals surface area (Å²) >= 11 is 3.27. The van der Waals surface area contributed by atoms with E-state index < -0.39 is 11.9 Å². The normalized spacial score (nSPS) is 11.6. The SMILES string of the molecule is CCn1cc(Oc2cccnc2-c2ccc(F)cc2[C@@H](C=O)Oc2cc(Br)cnc2NO)cn1. The Kier molecular flexibility index (Phi) is 7.14. The molecule has 1 aromatic carbocycles. The maximum atomic E-state index is 14.3. The van der Waals surface area contributed by atoms with Crippen LogP contribution in [0.4, 0.5) is 10.2 Å². The third-order valence-electron chi connectivity index (χ3n) is 4.81. The Bertz CT molecular complexity index is 1320. The maximum Gasteiger partial charge on any atom is 0.192 e. The van der Waals surface area contributed by atoms with Gasteiger partial charge in [-0.3, -0.25) is 19.7 Å². The number of hydrogen-bond donors (Lipinski definition) is 2. The van der Waals surface area contributed by atoms with Crippen molar-refractivity contribution in [2.45, 2.75) is 19.6 Å². The van der Waals surface area contributed by atoms with Crippen LogP contribution in [0.3, 0.4) is 0 Å². The Hall–Kier alpha value is -3.83. The second-order valence-corrected chi connectivity index (χ2v) is 7.92. The van der Waals surface area contributed by atoms with Gasteiger partial charge in [-0.2, -0.15) is 5.10 Å².